The lowest BCUT2D eigenvalue weighted by atomic mass is 10.1. The van der Waals surface area contributed by atoms with Crippen molar-refractivity contribution in [2.24, 2.45) is 5.92 Å². The number of hydrogen-bond acceptors (Lipinski definition) is 6. The van der Waals surface area contributed by atoms with Crippen molar-refractivity contribution in [3.05, 3.63) is 45.6 Å². The minimum absolute atomic E-state index is 0.0578. The highest BCUT2D eigenvalue weighted by atomic mass is 32.2. The van der Waals surface area contributed by atoms with E-state index in [4.69, 9.17) is 0 Å². The molecule has 2 aromatic rings. The summed E-state index contributed by atoms with van der Waals surface area (Å²) in [7, 11) is -3.27. The van der Waals surface area contributed by atoms with Crippen LogP contribution in [0.4, 0.5) is 11.5 Å². The van der Waals surface area contributed by atoms with Gasteiger partial charge in [-0.15, -0.1) is 0 Å². The molecule has 1 aliphatic carbocycles. The van der Waals surface area contributed by atoms with Crippen LogP contribution in [-0.4, -0.2) is 29.0 Å². The number of nitro groups is 1. The third-order valence-corrected chi connectivity index (χ3v) is 6.50. The first-order chi connectivity index (χ1) is 12.8. The standard InChI is InChI=1S/C17H18N4O5S/c22-17(11-3-1-2-4-11)18-16-14-9-27(25,26)10-15(14)19-20(16)12-5-7-13(8-6-12)21(23)24/h5-8,11H,1-4,9-10H2,(H,18,22). The average molecular weight is 390 g/mol. The van der Waals surface area contributed by atoms with Gasteiger partial charge >= 0.3 is 0 Å². The molecule has 1 N–H and O–H groups in total. The first-order valence-corrected chi connectivity index (χ1v) is 10.5. The molecule has 10 heteroatoms. The van der Waals surface area contributed by atoms with Crippen LogP contribution in [0.5, 0.6) is 0 Å². The van der Waals surface area contributed by atoms with Crippen molar-refractivity contribution in [3.63, 3.8) is 0 Å². The lowest BCUT2D eigenvalue weighted by molar-refractivity contribution is -0.384. The fraction of sp³-hybridized carbons (Fsp3) is 0.412. The highest BCUT2D eigenvalue weighted by Gasteiger charge is 2.34. The van der Waals surface area contributed by atoms with Gasteiger partial charge in [0.25, 0.3) is 5.69 Å². The molecule has 0 unspecified atom stereocenters. The number of nitrogens with one attached hydrogen (secondary N) is 1. The van der Waals surface area contributed by atoms with Gasteiger partial charge < -0.3 is 5.32 Å². The van der Waals surface area contributed by atoms with Crippen molar-refractivity contribution in [2.75, 3.05) is 5.32 Å². The Kier molecular flexibility index (Phi) is 4.22. The molecule has 1 aliphatic heterocycles. The minimum Gasteiger partial charge on any atom is -0.310 e. The summed E-state index contributed by atoms with van der Waals surface area (Å²) in [5.41, 5.74) is 1.38. The molecule has 0 saturated heterocycles. The molecule has 142 valence electrons. The monoisotopic (exact) mass is 390 g/mol. The number of anilines is 1. The van der Waals surface area contributed by atoms with Crippen molar-refractivity contribution in [2.45, 2.75) is 37.2 Å². The molecule has 0 atom stereocenters. The van der Waals surface area contributed by atoms with Crippen LogP contribution >= 0.6 is 0 Å². The highest BCUT2D eigenvalue weighted by Crippen LogP contribution is 2.34. The summed E-state index contributed by atoms with van der Waals surface area (Å²) in [6, 6.07) is 5.75. The number of benzene rings is 1. The summed E-state index contributed by atoms with van der Waals surface area (Å²) in [5.74, 6) is -0.220. The van der Waals surface area contributed by atoms with Crippen molar-refractivity contribution in [1.82, 2.24) is 9.78 Å². The fourth-order valence-electron chi connectivity index (χ4n) is 3.68. The van der Waals surface area contributed by atoms with E-state index in [1.807, 2.05) is 0 Å². The Morgan fingerprint density at radius 3 is 2.48 bits per heavy atom. The zero-order valence-corrected chi connectivity index (χ0v) is 15.2. The van der Waals surface area contributed by atoms with Gasteiger partial charge in [-0.3, -0.25) is 14.9 Å². The lowest BCUT2D eigenvalue weighted by Crippen LogP contribution is -2.23. The van der Waals surface area contributed by atoms with Gasteiger partial charge in [-0.1, -0.05) is 12.8 Å². The summed E-state index contributed by atoms with van der Waals surface area (Å²) >= 11 is 0. The first-order valence-electron chi connectivity index (χ1n) is 8.71. The number of nitro benzene ring substituents is 1. The number of aromatic nitrogens is 2. The molecular weight excluding hydrogens is 372 g/mol. The van der Waals surface area contributed by atoms with Gasteiger partial charge in [-0.2, -0.15) is 5.10 Å². The summed E-state index contributed by atoms with van der Waals surface area (Å²) in [6.45, 7) is 0. The van der Waals surface area contributed by atoms with Crippen LogP contribution in [0.25, 0.3) is 5.69 Å². The topological polar surface area (TPSA) is 124 Å². The maximum absolute atomic E-state index is 12.6. The minimum atomic E-state index is -3.27. The van der Waals surface area contributed by atoms with Crippen LogP contribution < -0.4 is 5.32 Å². The smallest absolute Gasteiger partial charge is 0.269 e. The van der Waals surface area contributed by atoms with E-state index in [1.54, 1.807) is 0 Å². The summed E-state index contributed by atoms with van der Waals surface area (Å²) in [5, 5.41) is 18.1. The van der Waals surface area contributed by atoms with Gasteiger partial charge in [-0.25, -0.2) is 13.1 Å². The van der Waals surface area contributed by atoms with E-state index >= 15 is 0 Å². The van der Waals surface area contributed by atoms with E-state index in [1.165, 1.54) is 28.9 Å². The number of rotatable bonds is 4. The van der Waals surface area contributed by atoms with Crippen LogP contribution in [-0.2, 0) is 26.1 Å². The second-order valence-corrected chi connectivity index (χ2v) is 9.03. The van der Waals surface area contributed by atoms with Crippen LogP contribution in [0.3, 0.4) is 0 Å². The van der Waals surface area contributed by atoms with Crippen LogP contribution in [0.1, 0.15) is 36.9 Å². The third kappa shape index (κ3) is 3.32. The zero-order chi connectivity index (χ0) is 19.2. The first kappa shape index (κ1) is 17.7. The van der Waals surface area contributed by atoms with E-state index in [-0.39, 0.29) is 29.0 Å². The van der Waals surface area contributed by atoms with Gasteiger partial charge in [0, 0.05) is 23.6 Å². The normalized spacial score (nSPS) is 18.4. The molecule has 1 fully saturated rings. The lowest BCUT2D eigenvalue weighted by Gasteiger charge is -2.14. The molecular formula is C17H18N4O5S. The maximum atomic E-state index is 12.6. The number of carbonyl (C=O) groups is 1. The summed E-state index contributed by atoms with van der Waals surface area (Å²) in [4.78, 5) is 23.0. The summed E-state index contributed by atoms with van der Waals surface area (Å²) < 4.78 is 25.4. The average Bonchev–Trinajstić information content (AvgIpc) is 3.31. The fourth-order valence-corrected chi connectivity index (χ4v) is 5.17. The predicted molar refractivity (Wildman–Crippen MR) is 97.1 cm³/mol. The Bertz CT molecular complexity index is 1020. The second-order valence-electron chi connectivity index (χ2n) is 6.96. The molecule has 0 bridgehead atoms. The van der Waals surface area contributed by atoms with Crippen molar-refractivity contribution in [3.8, 4) is 5.69 Å². The van der Waals surface area contributed by atoms with E-state index in [2.05, 4.69) is 10.4 Å². The Balaban J connectivity index is 1.73. The Morgan fingerprint density at radius 1 is 1.19 bits per heavy atom. The Morgan fingerprint density at radius 2 is 1.85 bits per heavy atom. The number of non-ortho nitro benzene ring substituents is 1. The molecule has 0 radical (unpaired) electrons. The van der Waals surface area contributed by atoms with Crippen molar-refractivity contribution in [1.29, 1.82) is 0 Å². The van der Waals surface area contributed by atoms with Crippen LogP contribution in [0.15, 0.2) is 24.3 Å². The molecule has 9 nitrogen and oxygen atoms in total. The second kappa shape index (κ2) is 6.45. The largest absolute Gasteiger partial charge is 0.310 e. The van der Waals surface area contributed by atoms with Gasteiger partial charge in [0.2, 0.25) is 5.91 Å². The van der Waals surface area contributed by atoms with Gasteiger partial charge in [0.1, 0.15) is 5.82 Å². The molecule has 1 aromatic heterocycles. The Labute approximate surface area is 155 Å². The van der Waals surface area contributed by atoms with E-state index in [0.29, 0.717) is 22.8 Å². The third-order valence-electron chi connectivity index (χ3n) is 5.06. The van der Waals surface area contributed by atoms with Gasteiger partial charge in [0.15, 0.2) is 9.84 Å². The SMILES string of the molecule is O=C(Nc1c2c(nn1-c1ccc([N+](=O)[O-])cc1)CS(=O)(=O)C2)C1CCCC1. The van der Waals surface area contributed by atoms with E-state index in [0.717, 1.165) is 25.7 Å². The molecule has 27 heavy (non-hydrogen) atoms. The molecule has 2 heterocycles. The maximum Gasteiger partial charge on any atom is 0.269 e. The van der Waals surface area contributed by atoms with Crippen molar-refractivity contribution < 1.29 is 18.1 Å². The number of nitrogens with zero attached hydrogens (tertiary/aromatic N) is 3. The van der Waals surface area contributed by atoms with E-state index < -0.39 is 14.8 Å². The van der Waals surface area contributed by atoms with E-state index in [9.17, 15) is 23.3 Å². The van der Waals surface area contributed by atoms with Crippen LogP contribution in [0.2, 0.25) is 0 Å². The Hall–Kier alpha value is -2.75. The predicted octanol–water partition coefficient (Wildman–Crippen LogP) is 2.34. The molecule has 1 saturated carbocycles. The van der Waals surface area contributed by atoms with Crippen LogP contribution in [0, 0.1) is 16.0 Å². The molecule has 0 spiro atoms. The molecule has 2 aliphatic rings. The number of fused-ring (bicyclic) bond motifs is 1. The number of carbonyl (C=O) groups excluding carboxylic acids is 1. The number of hydrogen-bond donors (Lipinski definition) is 1. The summed E-state index contributed by atoms with van der Waals surface area (Å²) in [6.07, 6.45) is 3.65. The molecule has 1 amide bonds. The van der Waals surface area contributed by atoms with Gasteiger partial charge in [-0.05, 0) is 25.0 Å². The zero-order valence-electron chi connectivity index (χ0n) is 14.4. The molecule has 1 aromatic carbocycles. The number of amides is 1. The number of sulfone groups is 1. The van der Waals surface area contributed by atoms with Crippen molar-refractivity contribution >= 4 is 27.2 Å². The quantitative estimate of drug-likeness (QED) is 0.631. The molecule has 4 rings (SSSR count). The van der Waals surface area contributed by atoms with Gasteiger partial charge in [0.05, 0.1) is 27.8 Å². The highest BCUT2D eigenvalue weighted by molar-refractivity contribution is 7.90.